The maximum atomic E-state index is 13.1. The molecule has 1 nitrogen and oxygen atoms in total. The van der Waals surface area contributed by atoms with E-state index in [0.717, 1.165) is 21.6 Å². The Kier molecular flexibility index (Phi) is 4.61. The molecule has 0 aliphatic heterocycles. The minimum atomic E-state index is -0.273. The van der Waals surface area contributed by atoms with E-state index in [2.05, 4.69) is 0 Å². The molecule has 0 fully saturated rings. The molecule has 0 bridgehead atoms. The van der Waals surface area contributed by atoms with Gasteiger partial charge in [-0.05, 0) is 61.7 Å². The van der Waals surface area contributed by atoms with Crippen LogP contribution in [0.25, 0.3) is 0 Å². The summed E-state index contributed by atoms with van der Waals surface area (Å²) in [6, 6.07) is 10.3. The summed E-state index contributed by atoms with van der Waals surface area (Å²) >= 11 is 1.37. The summed E-state index contributed by atoms with van der Waals surface area (Å²) in [5.41, 5.74) is 4.07. The standard InChI is InChI=1S/C17H17FOS/c1-11-7-13(3)16(8-12(11)2)17(19)10-20-15-6-4-5-14(18)9-15/h4-9H,10H2,1-3H3. The highest BCUT2D eigenvalue weighted by molar-refractivity contribution is 8.00. The first-order chi connectivity index (χ1) is 9.47. The Balaban J connectivity index is 2.11. The van der Waals surface area contributed by atoms with Crippen molar-refractivity contribution in [3.63, 3.8) is 0 Å². The molecule has 0 N–H and O–H groups in total. The lowest BCUT2D eigenvalue weighted by atomic mass is 9.99. The summed E-state index contributed by atoms with van der Waals surface area (Å²) in [4.78, 5) is 13.1. The van der Waals surface area contributed by atoms with E-state index in [1.54, 1.807) is 6.07 Å². The van der Waals surface area contributed by atoms with E-state index in [1.165, 1.54) is 29.5 Å². The molecule has 0 saturated heterocycles. The van der Waals surface area contributed by atoms with E-state index < -0.39 is 0 Å². The number of halogens is 1. The van der Waals surface area contributed by atoms with Gasteiger partial charge in [-0.15, -0.1) is 11.8 Å². The number of thioether (sulfide) groups is 1. The molecule has 0 radical (unpaired) electrons. The zero-order valence-corrected chi connectivity index (χ0v) is 12.7. The average Bonchev–Trinajstić information content (AvgIpc) is 2.40. The van der Waals surface area contributed by atoms with Gasteiger partial charge in [0.25, 0.3) is 0 Å². The molecule has 0 amide bonds. The first-order valence-corrected chi connectivity index (χ1v) is 7.45. The van der Waals surface area contributed by atoms with Crippen LogP contribution in [0.5, 0.6) is 0 Å². The van der Waals surface area contributed by atoms with Crippen LogP contribution >= 0.6 is 11.8 Å². The van der Waals surface area contributed by atoms with Gasteiger partial charge in [-0.1, -0.05) is 12.1 Å². The monoisotopic (exact) mass is 288 g/mol. The molecule has 3 heteroatoms. The van der Waals surface area contributed by atoms with Crippen molar-refractivity contribution in [1.29, 1.82) is 0 Å². The van der Waals surface area contributed by atoms with Gasteiger partial charge in [0.05, 0.1) is 5.75 Å². The second-order valence-electron chi connectivity index (χ2n) is 4.92. The van der Waals surface area contributed by atoms with Gasteiger partial charge in [-0.25, -0.2) is 4.39 Å². The number of aryl methyl sites for hydroxylation is 3. The Labute approximate surface area is 123 Å². The fourth-order valence-corrected chi connectivity index (χ4v) is 2.87. The van der Waals surface area contributed by atoms with Crippen LogP contribution in [0.1, 0.15) is 27.0 Å². The van der Waals surface area contributed by atoms with Gasteiger partial charge in [0, 0.05) is 10.5 Å². The van der Waals surface area contributed by atoms with Crippen LogP contribution in [0, 0.1) is 26.6 Å². The lowest BCUT2D eigenvalue weighted by Gasteiger charge is -2.09. The molecule has 0 aliphatic carbocycles. The van der Waals surface area contributed by atoms with Gasteiger partial charge in [0.2, 0.25) is 0 Å². The second kappa shape index (κ2) is 6.23. The van der Waals surface area contributed by atoms with Gasteiger partial charge >= 0.3 is 0 Å². The Morgan fingerprint density at radius 3 is 2.45 bits per heavy atom. The Bertz CT molecular complexity index is 649. The number of rotatable bonds is 4. The van der Waals surface area contributed by atoms with Gasteiger partial charge < -0.3 is 0 Å². The van der Waals surface area contributed by atoms with E-state index in [1.807, 2.05) is 39.0 Å². The molecule has 0 heterocycles. The highest BCUT2D eigenvalue weighted by atomic mass is 32.2. The third-order valence-corrected chi connectivity index (χ3v) is 4.30. The van der Waals surface area contributed by atoms with E-state index in [9.17, 15) is 9.18 Å². The van der Waals surface area contributed by atoms with Crippen molar-refractivity contribution in [2.24, 2.45) is 0 Å². The van der Waals surface area contributed by atoms with Crippen molar-refractivity contribution in [2.75, 3.05) is 5.75 Å². The summed E-state index contributed by atoms with van der Waals surface area (Å²) < 4.78 is 13.1. The summed E-state index contributed by atoms with van der Waals surface area (Å²) in [5, 5.41) is 0. The molecule has 104 valence electrons. The van der Waals surface area contributed by atoms with Crippen molar-refractivity contribution in [1.82, 2.24) is 0 Å². The average molecular weight is 288 g/mol. The minimum absolute atomic E-state index is 0.0832. The molecule has 0 saturated carbocycles. The molecule has 0 spiro atoms. The predicted octanol–water partition coefficient (Wildman–Crippen LogP) is 4.73. The normalized spacial score (nSPS) is 10.6. The van der Waals surface area contributed by atoms with Crippen molar-refractivity contribution in [2.45, 2.75) is 25.7 Å². The number of hydrogen-bond donors (Lipinski definition) is 0. The summed E-state index contributed by atoms with van der Waals surface area (Å²) in [7, 11) is 0. The SMILES string of the molecule is Cc1cc(C)c(C(=O)CSc2cccc(F)c2)cc1C. The topological polar surface area (TPSA) is 17.1 Å². The molecular weight excluding hydrogens is 271 g/mol. The fourth-order valence-electron chi connectivity index (χ4n) is 2.04. The zero-order valence-electron chi connectivity index (χ0n) is 11.9. The van der Waals surface area contributed by atoms with Crippen LogP contribution in [0.2, 0.25) is 0 Å². The van der Waals surface area contributed by atoms with Crippen LogP contribution in [0.4, 0.5) is 4.39 Å². The van der Waals surface area contributed by atoms with Crippen LogP contribution in [-0.2, 0) is 0 Å². The highest BCUT2D eigenvalue weighted by Crippen LogP contribution is 2.22. The number of Topliss-reactive ketones (excluding diaryl/α,β-unsaturated/α-hetero) is 1. The number of benzene rings is 2. The van der Waals surface area contributed by atoms with Crippen molar-refractivity contribution in [3.05, 3.63) is 64.5 Å². The van der Waals surface area contributed by atoms with Crippen molar-refractivity contribution >= 4 is 17.5 Å². The summed E-state index contributed by atoms with van der Waals surface area (Å²) in [6.45, 7) is 6.00. The van der Waals surface area contributed by atoms with Gasteiger partial charge in [0.15, 0.2) is 5.78 Å². The molecule has 0 aliphatic rings. The van der Waals surface area contributed by atoms with Crippen LogP contribution in [-0.4, -0.2) is 11.5 Å². The van der Waals surface area contributed by atoms with Gasteiger partial charge in [0.1, 0.15) is 5.82 Å². The maximum absolute atomic E-state index is 13.1. The molecule has 2 rings (SSSR count). The van der Waals surface area contributed by atoms with Crippen LogP contribution < -0.4 is 0 Å². The number of hydrogen-bond acceptors (Lipinski definition) is 2. The van der Waals surface area contributed by atoms with E-state index >= 15 is 0 Å². The molecule has 0 unspecified atom stereocenters. The highest BCUT2D eigenvalue weighted by Gasteiger charge is 2.11. The van der Waals surface area contributed by atoms with E-state index in [0.29, 0.717) is 5.75 Å². The molecular formula is C17H17FOS. The smallest absolute Gasteiger partial charge is 0.173 e. The largest absolute Gasteiger partial charge is 0.293 e. The van der Waals surface area contributed by atoms with E-state index in [4.69, 9.17) is 0 Å². The number of ketones is 1. The lowest BCUT2D eigenvalue weighted by Crippen LogP contribution is -2.06. The maximum Gasteiger partial charge on any atom is 0.173 e. The van der Waals surface area contributed by atoms with Crippen molar-refractivity contribution < 1.29 is 9.18 Å². The third-order valence-electron chi connectivity index (χ3n) is 3.31. The molecule has 0 atom stereocenters. The van der Waals surface area contributed by atoms with Gasteiger partial charge in [-0.3, -0.25) is 4.79 Å². The van der Waals surface area contributed by atoms with Crippen LogP contribution in [0.3, 0.4) is 0 Å². The van der Waals surface area contributed by atoms with E-state index in [-0.39, 0.29) is 11.6 Å². The molecule has 0 aromatic heterocycles. The first kappa shape index (κ1) is 14.8. The Morgan fingerprint density at radius 2 is 1.75 bits per heavy atom. The zero-order chi connectivity index (χ0) is 14.7. The fraction of sp³-hybridized carbons (Fsp3) is 0.235. The number of carbonyl (C=O) groups is 1. The first-order valence-electron chi connectivity index (χ1n) is 6.47. The quantitative estimate of drug-likeness (QED) is 0.598. The Morgan fingerprint density at radius 1 is 1.05 bits per heavy atom. The molecule has 2 aromatic carbocycles. The minimum Gasteiger partial charge on any atom is -0.293 e. The molecule has 20 heavy (non-hydrogen) atoms. The Hall–Kier alpha value is -1.61. The number of carbonyl (C=O) groups excluding carboxylic acids is 1. The summed E-state index contributed by atoms with van der Waals surface area (Å²) in [5.74, 6) is 0.136. The van der Waals surface area contributed by atoms with Crippen LogP contribution in [0.15, 0.2) is 41.3 Å². The van der Waals surface area contributed by atoms with Crippen molar-refractivity contribution in [3.8, 4) is 0 Å². The second-order valence-corrected chi connectivity index (χ2v) is 5.97. The third kappa shape index (κ3) is 3.48. The van der Waals surface area contributed by atoms with Gasteiger partial charge in [-0.2, -0.15) is 0 Å². The molecule has 2 aromatic rings. The predicted molar refractivity (Wildman–Crippen MR) is 82.1 cm³/mol. The summed E-state index contributed by atoms with van der Waals surface area (Å²) in [6.07, 6.45) is 0. The lowest BCUT2D eigenvalue weighted by molar-refractivity contribution is 0.102.